The Balaban J connectivity index is 1.40. The number of carbonyl (C=O) groups is 2. The smallest absolute Gasteiger partial charge is 0.291 e. The summed E-state index contributed by atoms with van der Waals surface area (Å²) in [5.74, 6) is -1.88. The van der Waals surface area contributed by atoms with Gasteiger partial charge in [0.2, 0.25) is 5.82 Å². The van der Waals surface area contributed by atoms with Crippen LogP contribution < -0.4 is 10.2 Å². The van der Waals surface area contributed by atoms with Crippen LogP contribution in [0.5, 0.6) is 0 Å². The molecule has 158 valence electrons. The predicted molar refractivity (Wildman–Crippen MR) is 103 cm³/mol. The number of aryl methyl sites for hydroxylation is 2. The van der Waals surface area contributed by atoms with Crippen LogP contribution in [-0.2, 0) is 17.9 Å². The highest BCUT2D eigenvalue weighted by Crippen LogP contribution is 2.25. The van der Waals surface area contributed by atoms with E-state index in [2.05, 4.69) is 20.5 Å². The van der Waals surface area contributed by atoms with Gasteiger partial charge >= 0.3 is 0 Å². The van der Waals surface area contributed by atoms with E-state index in [1.54, 1.807) is 11.7 Å². The van der Waals surface area contributed by atoms with Crippen molar-refractivity contribution < 1.29 is 18.4 Å². The van der Waals surface area contributed by atoms with Gasteiger partial charge in [-0.05, 0) is 19.4 Å². The first-order chi connectivity index (χ1) is 14.3. The summed E-state index contributed by atoms with van der Waals surface area (Å²) in [4.78, 5) is 30.8. The minimum absolute atomic E-state index is 0.0615. The zero-order valence-electron chi connectivity index (χ0n) is 16.5. The first-order valence-corrected chi connectivity index (χ1v) is 9.56. The molecule has 0 radical (unpaired) electrons. The van der Waals surface area contributed by atoms with E-state index in [9.17, 15) is 18.4 Å². The molecule has 4 rings (SSSR count). The van der Waals surface area contributed by atoms with Gasteiger partial charge in [-0.2, -0.15) is 5.10 Å². The zero-order chi connectivity index (χ0) is 21.4. The topological polar surface area (TPSA) is 97.9 Å². The Morgan fingerprint density at radius 3 is 2.90 bits per heavy atom. The predicted octanol–water partition coefficient (Wildman–Crippen LogP) is 1.67. The van der Waals surface area contributed by atoms with Gasteiger partial charge in [-0.1, -0.05) is 0 Å². The molecule has 0 saturated carbocycles. The van der Waals surface area contributed by atoms with Crippen molar-refractivity contribution in [1.82, 2.24) is 29.9 Å². The number of anilines is 1. The van der Waals surface area contributed by atoms with Crippen molar-refractivity contribution in [3.05, 3.63) is 47.7 Å². The molecule has 2 aromatic rings. The first kappa shape index (κ1) is 19.9. The van der Waals surface area contributed by atoms with Gasteiger partial charge in [0.15, 0.2) is 0 Å². The Morgan fingerprint density at radius 2 is 2.13 bits per heavy atom. The quantitative estimate of drug-likeness (QED) is 0.816. The average Bonchev–Trinajstić information content (AvgIpc) is 3.27. The van der Waals surface area contributed by atoms with E-state index in [0.717, 1.165) is 11.8 Å². The maximum atomic E-state index is 13.4. The molecule has 2 atom stereocenters. The summed E-state index contributed by atoms with van der Waals surface area (Å²) >= 11 is 0. The highest BCUT2D eigenvalue weighted by atomic mass is 19.1. The molecular formula is C19H21F2N7O2. The second kappa shape index (κ2) is 7.81. The lowest BCUT2D eigenvalue weighted by molar-refractivity contribution is -0.120. The van der Waals surface area contributed by atoms with Crippen molar-refractivity contribution in [3.8, 4) is 0 Å². The van der Waals surface area contributed by atoms with Gasteiger partial charge in [0.25, 0.3) is 11.8 Å². The summed E-state index contributed by atoms with van der Waals surface area (Å²) in [6.07, 6.45) is 3.93. The van der Waals surface area contributed by atoms with Crippen LogP contribution in [0.1, 0.15) is 29.2 Å². The first-order valence-electron chi connectivity index (χ1n) is 9.56. The Kier molecular flexibility index (Phi) is 5.18. The van der Waals surface area contributed by atoms with Crippen LogP contribution in [0.15, 0.2) is 36.2 Å². The zero-order valence-corrected chi connectivity index (χ0v) is 16.5. The van der Waals surface area contributed by atoms with Crippen LogP contribution in [-0.4, -0.2) is 49.4 Å². The van der Waals surface area contributed by atoms with Crippen LogP contribution in [0.4, 0.5) is 14.6 Å². The SMILES string of the molecule is Cc1cc2n(n1)CC[C@H](NC(=O)c1ncn(CC3C=C(F)C=C(F)C3)n1)C(=O)N2C. The second-order valence-corrected chi connectivity index (χ2v) is 7.48. The van der Waals surface area contributed by atoms with Crippen LogP contribution >= 0.6 is 0 Å². The molecule has 2 aromatic heterocycles. The third-order valence-corrected chi connectivity index (χ3v) is 5.10. The van der Waals surface area contributed by atoms with Crippen LogP contribution in [0.2, 0.25) is 0 Å². The van der Waals surface area contributed by atoms with E-state index < -0.39 is 29.5 Å². The highest BCUT2D eigenvalue weighted by Gasteiger charge is 2.31. The van der Waals surface area contributed by atoms with Crippen molar-refractivity contribution in [3.63, 3.8) is 0 Å². The number of fused-ring (bicyclic) bond motifs is 1. The molecule has 9 nitrogen and oxygen atoms in total. The van der Waals surface area contributed by atoms with Gasteiger partial charge in [-0.25, -0.2) is 18.4 Å². The van der Waals surface area contributed by atoms with E-state index >= 15 is 0 Å². The molecular weight excluding hydrogens is 396 g/mol. The summed E-state index contributed by atoms with van der Waals surface area (Å²) in [6, 6.07) is 1.07. The minimum atomic E-state index is -0.744. The minimum Gasteiger partial charge on any atom is -0.337 e. The van der Waals surface area contributed by atoms with E-state index in [0.29, 0.717) is 18.8 Å². The number of likely N-dealkylation sites (N-methyl/N-ethyl adjacent to an activating group) is 1. The van der Waals surface area contributed by atoms with E-state index in [1.807, 2.05) is 13.0 Å². The number of allylic oxidation sites excluding steroid dienone is 4. The van der Waals surface area contributed by atoms with Gasteiger partial charge in [-0.15, -0.1) is 5.10 Å². The molecule has 0 fully saturated rings. The fraction of sp³-hybridized carbons (Fsp3) is 0.421. The molecule has 3 heterocycles. The molecule has 30 heavy (non-hydrogen) atoms. The fourth-order valence-corrected chi connectivity index (χ4v) is 3.68. The number of hydrogen-bond donors (Lipinski definition) is 1. The van der Waals surface area contributed by atoms with Crippen LogP contribution in [0.3, 0.4) is 0 Å². The Morgan fingerprint density at radius 1 is 1.33 bits per heavy atom. The summed E-state index contributed by atoms with van der Waals surface area (Å²) in [5.41, 5.74) is 0.810. The number of nitrogens with zero attached hydrogens (tertiary/aromatic N) is 6. The summed E-state index contributed by atoms with van der Waals surface area (Å²) in [7, 11) is 1.64. The standard InChI is InChI=1S/C19H21F2N7O2/c1-11-5-16-26(2)19(30)15(3-4-28(16)24-11)23-18(29)17-22-10-27(25-17)9-12-6-13(20)8-14(21)7-12/h5-6,8,10,12,15H,3-4,7,9H2,1-2H3,(H,23,29)/t12?,15-/m0/s1. The molecule has 1 N–H and O–H groups in total. The third kappa shape index (κ3) is 4.00. The number of aromatic nitrogens is 5. The summed E-state index contributed by atoms with van der Waals surface area (Å²) < 4.78 is 29.9. The monoisotopic (exact) mass is 417 g/mol. The lowest BCUT2D eigenvalue weighted by Gasteiger charge is -2.19. The summed E-state index contributed by atoms with van der Waals surface area (Å²) in [5, 5.41) is 11.1. The maximum absolute atomic E-state index is 13.4. The Bertz CT molecular complexity index is 1060. The van der Waals surface area contributed by atoms with E-state index in [-0.39, 0.29) is 24.7 Å². The maximum Gasteiger partial charge on any atom is 0.291 e. The summed E-state index contributed by atoms with van der Waals surface area (Å²) in [6.45, 7) is 2.51. The number of amides is 2. The van der Waals surface area contributed by atoms with Gasteiger partial charge in [0, 0.05) is 44.6 Å². The van der Waals surface area contributed by atoms with Crippen LogP contribution in [0, 0.1) is 12.8 Å². The van der Waals surface area contributed by atoms with Crippen molar-refractivity contribution >= 4 is 17.6 Å². The Hall–Kier alpha value is -3.37. The van der Waals surface area contributed by atoms with Gasteiger partial charge in [0.05, 0.1) is 5.69 Å². The van der Waals surface area contributed by atoms with Gasteiger partial charge in [0.1, 0.15) is 29.8 Å². The lowest BCUT2D eigenvalue weighted by atomic mass is 9.99. The molecule has 0 saturated heterocycles. The van der Waals surface area contributed by atoms with Gasteiger partial charge < -0.3 is 5.32 Å². The van der Waals surface area contributed by atoms with Crippen molar-refractivity contribution in [2.24, 2.45) is 5.92 Å². The van der Waals surface area contributed by atoms with E-state index in [4.69, 9.17) is 0 Å². The molecule has 0 aromatic carbocycles. The van der Waals surface area contributed by atoms with E-state index in [1.165, 1.54) is 22.0 Å². The molecule has 0 bridgehead atoms. The largest absolute Gasteiger partial charge is 0.337 e. The lowest BCUT2D eigenvalue weighted by Crippen LogP contribution is -2.47. The molecule has 2 aliphatic rings. The number of rotatable bonds is 4. The van der Waals surface area contributed by atoms with Crippen molar-refractivity contribution in [2.45, 2.75) is 38.9 Å². The number of nitrogens with one attached hydrogen (secondary N) is 1. The normalized spacial score (nSPS) is 21.6. The molecule has 11 heteroatoms. The third-order valence-electron chi connectivity index (χ3n) is 5.10. The molecule has 2 amide bonds. The molecule has 1 aliphatic heterocycles. The molecule has 1 unspecified atom stereocenters. The van der Waals surface area contributed by atoms with Crippen LogP contribution in [0.25, 0.3) is 0 Å². The van der Waals surface area contributed by atoms with Gasteiger partial charge in [-0.3, -0.25) is 19.2 Å². The van der Waals surface area contributed by atoms with Crippen molar-refractivity contribution in [1.29, 1.82) is 0 Å². The van der Waals surface area contributed by atoms with Crippen molar-refractivity contribution in [2.75, 3.05) is 11.9 Å². The second-order valence-electron chi connectivity index (χ2n) is 7.48. The highest BCUT2D eigenvalue weighted by molar-refractivity contribution is 6.00. The fourth-order valence-electron chi connectivity index (χ4n) is 3.68. The molecule has 0 spiro atoms. The number of halogens is 2. The average molecular weight is 417 g/mol. The number of carbonyl (C=O) groups excluding carboxylic acids is 2. The number of hydrogen-bond acceptors (Lipinski definition) is 5. The Labute approximate surface area is 171 Å². The molecule has 1 aliphatic carbocycles.